The van der Waals surface area contributed by atoms with E-state index >= 15 is 0 Å². The number of piperidine rings is 1. The molecule has 0 aliphatic carbocycles. The highest BCUT2D eigenvalue weighted by Crippen LogP contribution is 2.29. The minimum atomic E-state index is -0.670. The Balaban J connectivity index is 1.96. The van der Waals surface area contributed by atoms with Gasteiger partial charge in [0.05, 0.1) is 5.54 Å². The number of para-hydroxylation sites is 1. The van der Waals surface area contributed by atoms with Gasteiger partial charge in [-0.2, -0.15) is 0 Å². The second kappa shape index (κ2) is 5.57. The molecule has 22 heavy (non-hydrogen) atoms. The number of pyridine rings is 1. The predicted molar refractivity (Wildman–Crippen MR) is 86.4 cm³/mol. The normalized spacial score (nSPS) is 22.8. The van der Waals surface area contributed by atoms with E-state index in [1.807, 2.05) is 42.2 Å². The van der Waals surface area contributed by atoms with E-state index in [1.165, 1.54) is 0 Å². The van der Waals surface area contributed by atoms with Gasteiger partial charge in [-0.1, -0.05) is 18.2 Å². The second-order valence-corrected chi connectivity index (χ2v) is 6.23. The fourth-order valence-electron chi connectivity index (χ4n) is 3.22. The molecule has 116 valence electrons. The number of hydrogen-bond donors (Lipinski definition) is 2. The van der Waals surface area contributed by atoms with Crippen molar-refractivity contribution in [2.75, 3.05) is 6.54 Å². The molecule has 2 heterocycles. The molecule has 1 aromatic carbocycles. The third-order valence-corrected chi connectivity index (χ3v) is 4.76. The Morgan fingerprint density at radius 3 is 2.91 bits per heavy atom. The van der Waals surface area contributed by atoms with Crippen molar-refractivity contribution in [2.24, 2.45) is 5.73 Å². The van der Waals surface area contributed by atoms with E-state index in [4.69, 9.17) is 5.73 Å². The molecule has 2 aromatic rings. The van der Waals surface area contributed by atoms with E-state index in [0.29, 0.717) is 12.1 Å². The van der Waals surface area contributed by atoms with Crippen molar-refractivity contribution in [2.45, 2.75) is 38.3 Å². The molecule has 3 rings (SSSR count). The lowest BCUT2D eigenvalue weighted by Gasteiger charge is -2.42. The van der Waals surface area contributed by atoms with Crippen LogP contribution in [-0.2, 0) is 11.3 Å². The third kappa shape index (κ3) is 2.52. The summed E-state index contributed by atoms with van der Waals surface area (Å²) in [6.07, 6.45) is 2.76. The Morgan fingerprint density at radius 2 is 2.14 bits per heavy atom. The molecule has 0 saturated carbocycles. The number of aromatic nitrogens is 1. The Labute approximate surface area is 129 Å². The summed E-state index contributed by atoms with van der Waals surface area (Å²) in [6, 6.07) is 9.60. The number of H-pyrrole nitrogens is 1. The molecule has 1 amide bonds. The maximum Gasteiger partial charge on any atom is 0.252 e. The molecular formula is C17H21N3O2. The van der Waals surface area contributed by atoms with Crippen molar-refractivity contribution < 1.29 is 4.79 Å². The minimum Gasteiger partial charge on any atom is -0.368 e. The van der Waals surface area contributed by atoms with Crippen LogP contribution in [0.15, 0.2) is 35.1 Å². The van der Waals surface area contributed by atoms with E-state index in [0.717, 1.165) is 36.7 Å². The number of aromatic amines is 1. The molecule has 0 unspecified atom stereocenters. The van der Waals surface area contributed by atoms with Crippen molar-refractivity contribution in [1.29, 1.82) is 0 Å². The largest absolute Gasteiger partial charge is 0.368 e. The molecule has 1 aliphatic heterocycles. The van der Waals surface area contributed by atoms with E-state index in [9.17, 15) is 9.59 Å². The third-order valence-electron chi connectivity index (χ3n) is 4.76. The molecule has 5 nitrogen and oxygen atoms in total. The number of nitrogens with zero attached hydrogens (tertiary/aromatic N) is 1. The topological polar surface area (TPSA) is 79.2 Å². The van der Waals surface area contributed by atoms with Crippen LogP contribution < -0.4 is 11.3 Å². The summed E-state index contributed by atoms with van der Waals surface area (Å²) in [4.78, 5) is 29.1. The summed E-state index contributed by atoms with van der Waals surface area (Å²) in [5.74, 6) is -0.315. The average molecular weight is 299 g/mol. The zero-order valence-electron chi connectivity index (χ0n) is 12.8. The van der Waals surface area contributed by atoms with Crippen LogP contribution in [0, 0.1) is 0 Å². The summed E-state index contributed by atoms with van der Waals surface area (Å²) in [5.41, 5.74) is 6.34. The zero-order chi connectivity index (χ0) is 15.7. The molecule has 1 aromatic heterocycles. The van der Waals surface area contributed by atoms with E-state index in [2.05, 4.69) is 4.98 Å². The van der Waals surface area contributed by atoms with Crippen molar-refractivity contribution >= 4 is 16.8 Å². The number of carbonyl (C=O) groups excluding carboxylic acids is 1. The van der Waals surface area contributed by atoms with Crippen LogP contribution in [0.2, 0.25) is 0 Å². The lowest BCUT2D eigenvalue weighted by molar-refractivity contribution is -0.132. The number of primary amides is 1. The molecule has 5 heteroatoms. The number of amides is 1. The number of carbonyl (C=O) groups is 1. The Kier molecular flexibility index (Phi) is 3.74. The first kappa shape index (κ1) is 14.8. The van der Waals surface area contributed by atoms with E-state index in [-0.39, 0.29) is 11.5 Å². The van der Waals surface area contributed by atoms with E-state index < -0.39 is 5.54 Å². The molecule has 1 saturated heterocycles. The highest BCUT2D eigenvalue weighted by Gasteiger charge is 2.39. The Bertz CT molecular complexity index is 768. The quantitative estimate of drug-likeness (QED) is 0.906. The van der Waals surface area contributed by atoms with Crippen LogP contribution in [0.5, 0.6) is 0 Å². The van der Waals surface area contributed by atoms with Gasteiger partial charge in [0.1, 0.15) is 0 Å². The van der Waals surface area contributed by atoms with Gasteiger partial charge in [0, 0.05) is 17.6 Å². The smallest absolute Gasteiger partial charge is 0.252 e. The van der Waals surface area contributed by atoms with Gasteiger partial charge < -0.3 is 10.7 Å². The second-order valence-electron chi connectivity index (χ2n) is 6.23. The van der Waals surface area contributed by atoms with Crippen LogP contribution in [0.25, 0.3) is 10.9 Å². The molecule has 0 bridgehead atoms. The lowest BCUT2D eigenvalue weighted by Crippen LogP contribution is -2.57. The highest BCUT2D eigenvalue weighted by molar-refractivity contribution is 5.84. The van der Waals surface area contributed by atoms with Gasteiger partial charge in [0.2, 0.25) is 5.91 Å². The number of nitrogens with one attached hydrogen (secondary N) is 1. The van der Waals surface area contributed by atoms with Gasteiger partial charge in [-0.05, 0) is 50.2 Å². The number of benzene rings is 1. The lowest BCUT2D eigenvalue weighted by atomic mass is 9.87. The van der Waals surface area contributed by atoms with Crippen molar-refractivity contribution in [3.63, 3.8) is 0 Å². The van der Waals surface area contributed by atoms with Crippen LogP contribution >= 0.6 is 0 Å². The standard InChI is InChI=1S/C17H21N3O2/c1-17(16(18)22)8-4-5-9-20(17)11-13-10-12-6-2-3-7-14(12)19-15(13)21/h2-3,6-7,10H,4-5,8-9,11H2,1H3,(H2,18,22)(H,19,21)/t17-/m0/s1. The van der Waals surface area contributed by atoms with Gasteiger partial charge in [-0.15, -0.1) is 0 Å². The SMILES string of the molecule is C[C@@]1(C(N)=O)CCCCN1Cc1cc2ccccc2[nH]c1=O. The fourth-order valence-corrected chi connectivity index (χ4v) is 3.22. The summed E-state index contributed by atoms with van der Waals surface area (Å²) < 4.78 is 0. The predicted octanol–water partition coefficient (Wildman–Crippen LogP) is 1.76. The summed E-state index contributed by atoms with van der Waals surface area (Å²) in [5, 5.41) is 0.995. The molecule has 1 aliphatic rings. The van der Waals surface area contributed by atoms with E-state index in [1.54, 1.807) is 0 Å². The monoisotopic (exact) mass is 299 g/mol. The molecule has 1 fully saturated rings. The molecule has 0 spiro atoms. The Morgan fingerprint density at radius 1 is 1.36 bits per heavy atom. The number of fused-ring (bicyclic) bond motifs is 1. The van der Waals surface area contributed by atoms with Crippen LogP contribution in [-0.4, -0.2) is 27.9 Å². The Hall–Kier alpha value is -2.14. The van der Waals surface area contributed by atoms with Crippen molar-refractivity contribution in [1.82, 2.24) is 9.88 Å². The van der Waals surface area contributed by atoms with Crippen LogP contribution in [0.4, 0.5) is 0 Å². The van der Waals surface area contributed by atoms with Gasteiger partial charge in [-0.25, -0.2) is 0 Å². The van der Waals surface area contributed by atoms with Gasteiger partial charge >= 0.3 is 0 Å². The highest BCUT2D eigenvalue weighted by atomic mass is 16.1. The van der Waals surface area contributed by atoms with Crippen LogP contribution in [0.3, 0.4) is 0 Å². The number of hydrogen-bond acceptors (Lipinski definition) is 3. The summed E-state index contributed by atoms with van der Waals surface area (Å²) in [6.45, 7) is 3.11. The maximum atomic E-state index is 12.3. The molecule has 3 N–H and O–H groups in total. The molecular weight excluding hydrogens is 278 g/mol. The fraction of sp³-hybridized carbons (Fsp3) is 0.412. The van der Waals surface area contributed by atoms with Crippen molar-refractivity contribution in [3.8, 4) is 0 Å². The van der Waals surface area contributed by atoms with Gasteiger partial charge in [0.25, 0.3) is 5.56 Å². The summed E-state index contributed by atoms with van der Waals surface area (Å²) >= 11 is 0. The first-order chi connectivity index (χ1) is 10.5. The maximum absolute atomic E-state index is 12.3. The van der Waals surface area contributed by atoms with Gasteiger partial charge in [-0.3, -0.25) is 14.5 Å². The number of likely N-dealkylation sites (tertiary alicyclic amines) is 1. The summed E-state index contributed by atoms with van der Waals surface area (Å²) in [7, 11) is 0. The van der Waals surface area contributed by atoms with Gasteiger partial charge in [0.15, 0.2) is 0 Å². The molecule has 1 atom stereocenters. The molecule has 0 radical (unpaired) electrons. The zero-order valence-corrected chi connectivity index (χ0v) is 12.8. The minimum absolute atomic E-state index is 0.101. The van der Waals surface area contributed by atoms with Crippen LogP contribution in [0.1, 0.15) is 31.7 Å². The average Bonchev–Trinajstić information content (AvgIpc) is 2.50. The number of nitrogens with two attached hydrogens (primary N) is 1. The first-order valence-electron chi connectivity index (χ1n) is 7.66. The number of rotatable bonds is 3. The van der Waals surface area contributed by atoms with Crippen molar-refractivity contribution in [3.05, 3.63) is 46.2 Å². The first-order valence-corrected chi connectivity index (χ1v) is 7.66.